The highest BCUT2D eigenvalue weighted by Crippen LogP contribution is 2.35. The van der Waals surface area contributed by atoms with Crippen molar-refractivity contribution in [1.29, 1.82) is 0 Å². The van der Waals surface area contributed by atoms with Crippen LogP contribution in [-0.2, 0) is 10.0 Å². The average molecular weight is 406 g/mol. The van der Waals surface area contributed by atoms with Crippen molar-refractivity contribution in [1.82, 2.24) is 0 Å². The van der Waals surface area contributed by atoms with E-state index in [1.165, 1.54) is 31.0 Å². The molecule has 0 spiro atoms. The lowest BCUT2D eigenvalue weighted by atomic mass is 10.3. The molecule has 7 heteroatoms. The van der Waals surface area contributed by atoms with Crippen LogP contribution in [0.5, 0.6) is 5.75 Å². The summed E-state index contributed by atoms with van der Waals surface area (Å²) in [4.78, 5) is 1.80. The van der Waals surface area contributed by atoms with Gasteiger partial charge in [0.1, 0.15) is 10.6 Å². The van der Waals surface area contributed by atoms with E-state index in [9.17, 15) is 8.42 Å². The van der Waals surface area contributed by atoms with Gasteiger partial charge in [-0.25, -0.2) is 8.42 Å². The molecule has 0 radical (unpaired) electrons. The summed E-state index contributed by atoms with van der Waals surface area (Å²) >= 11 is 7.45. The van der Waals surface area contributed by atoms with E-state index in [4.69, 9.17) is 16.3 Å². The Morgan fingerprint density at radius 2 is 1.65 bits per heavy atom. The van der Waals surface area contributed by atoms with Crippen LogP contribution < -0.4 is 9.46 Å². The van der Waals surface area contributed by atoms with Crippen molar-refractivity contribution in [3.8, 4) is 5.75 Å². The van der Waals surface area contributed by atoms with Crippen LogP contribution in [-0.4, -0.2) is 15.5 Å². The molecule has 3 aromatic carbocycles. The maximum Gasteiger partial charge on any atom is 0.265 e. The van der Waals surface area contributed by atoms with Gasteiger partial charge in [0.2, 0.25) is 0 Å². The minimum Gasteiger partial charge on any atom is -0.495 e. The van der Waals surface area contributed by atoms with E-state index in [2.05, 4.69) is 4.72 Å². The second-order valence-corrected chi connectivity index (χ2v) is 8.51. The van der Waals surface area contributed by atoms with Crippen LogP contribution in [0.3, 0.4) is 0 Å². The second kappa shape index (κ2) is 8.03. The van der Waals surface area contributed by atoms with Gasteiger partial charge < -0.3 is 4.74 Å². The summed E-state index contributed by atoms with van der Waals surface area (Å²) in [5.41, 5.74) is 0.489. The van der Waals surface area contributed by atoms with Crippen LogP contribution in [0.2, 0.25) is 5.02 Å². The van der Waals surface area contributed by atoms with Gasteiger partial charge in [-0.15, -0.1) is 0 Å². The molecule has 0 unspecified atom stereocenters. The van der Waals surface area contributed by atoms with E-state index in [-0.39, 0.29) is 10.6 Å². The monoisotopic (exact) mass is 405 g/mol. The van der Waals surface area contributed by atoms with Gasteiger partial charge in [0.15, 0.2) is 0 Å². The molecule has 3 rings (SSSR count). The first-order valence-corrected chi connectivity index (χ1v) is 10.4. The number of sulfonamides is 1. The zero-order valence-corrected chi connectivity index (χ0v) is 16.2. The minimum absolute atomic E-state index is 0.00739. The van der Waals surface area contributed by atoms with E-state index in [1.807, 2.05) is 42.5 Å². The van der Waals surface area contributed by atoms with Gasteiger partial charge in [0.05, 0.1) is 12.8 Å². The largest absolute Gasteiger partial charge is 0.495 e. The highest BCUT2D eigenvalue weighted by molar-refractivity contribution is 7.99. The Bertz CT molecular complexity index is 1010. The smallest absolute Gasteiger partial charge is 0.265 e. The number of hydrogen-bond acceptors (Lipinski definition) is 4. The Kier molecular flexibility index (Phi) is 5.76. The summed E-state index contributed by atoms with van der Waals surface area (Å²) < 4.78 is 33.6. The number of rotatable bonds is 6. The SMILES string of the molecule is COc1ccc(Cl)cc1S(=O)(=O)Nc1ccccc1Sc1ccccc1. The van der Waals surface area contributed by atoms with E-state index in [0.717, 1.165) is 9.79 Å². The Balaban J connectivity index is 1.95. The van der Waals surface area contributed by atoms with Crippen LogP contribution in [0.25, 0.3) is 0 Å². The number of ether oxygens (including phenoxy) is 1. The van der Waals surface area contributed by atoms with Crippen LogP contribution in [0, 0.1) is 0 Å². The first-order chi connectivity index (χ1) is 12.5. The Labute approximate surface area is 162 Å². The predicted octanol–water partition coefficient (Wildman–Crippen LogP) is 5.30. The molecule has 0 fully saturated rings. The van der Waals surface area contributed by atoms with E-state index >= 15 is 0 Å². The third kappa shape index (κ3) is 4.33. The zero-order chi connectivity index (χ0) is 18.6. The predicted molar refractivity (Wildman–Crippen MR) is 106 cm³/mol. The van der Waals surface area contributed by atoms with Gasteiger partial charge in [-0.3, -0.25) is 4.72 Å². The van der Waals surface area contributed by atoms with Crippen molar-refractivity contribution >= 4 is 39.1 Å². The lowest BCUT2D eigenvalue weighted by molar-refractivity contribution is 0.403. The molecule has 0 atom stereocenters. The van der Waals surface area contributed by atoms with Gasteiger partial charge in [0.25, 0.3) is 10.0 Å². The number of halogens is 1. The third-order valence-electron chi connectivity index (χ3n) is 3.52. The normalized spacial score (nSPS) is 11.2. The Hall–Kier alpha value is -2.15. The van der Waals surface area contributed by atoms with Crippen LogP contribution in [0.1, 0.15) is 0 Å². The number of methoxy groups -OCH3 is 1. The summed E-state index contributed by atoms with van der Waals surface area (Å²) in [7, 11) is -2.45. The van der Waals surface area contributed by atoms with Crippen molar-refractivity contribution < 1.29 is 13.2 Å². The third-order valence-corrected chi connectivity index (χ3v) is 6.22. The second-order valence-electron chi connectivity index (χ2n) is 5.31. The maximum absolute atomic E-state index is 12.9. The molecule has 26 heavy (non-hydrogen) atoms. The molecule has 0 amide bonds. The topological polar surface area (TPSA) is 55.4 Å². The molecule has 3 aromatic rings. The number of nitrogens with one attached hydrogen (secondary N) is 1. The number of para-hydroxylation sites is 1. The summed E-state index contributed by atoms with van der Waals surface area (Å²) in [6.07, 6.45) is 0. The molecular weight excluding hydrogens is 390 g/mol. The number of benzene rings is 3. The molecule has 0 aliphatic rings. The fourth-order valence-electron chi connectivity index (χ4n) is 2.32. The van der Waals surface area contributed by atoms with E-state index < -0.39 is 10.0 Å². The molecule has 1 N–H and O–H groups in total. The van der Waals surface area contributed by atoms with Gasteiger partial charge in [-0.2, -0.15) is 0 Å². The zero-order valence-electron chi connectivity index (χ0n) is 13.8. The van der Waals surface area contributed by atoms with Crippen molar-refractivity contribution in [2.45, 2.75) is 14.7 Å². The van der Waals surface area contributed by atoms with Crippen molar-refractivity contribution in [2.75, 3.05) is 11.8 Å². The fraction of sp³-hybridized carbons (Fsp3) is 0.0526. The highest BCUT2D eigenvalue weighted by atomic mass is 35.5. The molecule has 0 aromatic heterocycles. The number of hydrogen-bond donors (Lipinski definition) is 1. The van der Waals surface area contributed by atoms with Crippen molar-refractivity contribution in [3.05, 3.63) is 77.8 Å². The molecule has 134 valence electrons. The molecule has 0 bridgehead atoms. The van der Waals surface area contributed by atoms with Crippen LogP contribution in [0.4, 0.5) is 5.69 Å². The first kappa shape index (κ1) is 18.6. The van der Waals surface area contributed by atoms with Crippen molar-refractivity contribution in [2.24, 2.45) is 0 Å². The Morgan fingerprint density at radius 1 is 0.962 bits per heavy atom. The molecule has 4 nitrogen and oxygen atoms in total. The quantitative estimate of drug-likeness (QED) is 0.604. The lowest BCUT2D eigenvalue weighted by Gasteiger charge is -2.14. The highest BCUT2D eigenvalue weighted by Gasteiger charge is 2.21. The van der Waals surface area contributed by atoms with Gasteiger partial charge >= 0.3 is 0 Å². The van der Waals surface area contributed by atoms with E-state index in [1.54, 1.807) is 18.2 Å². The number of anilines is 1. The van der Waals surface area contributed by atoms with Gasteiger partial charge in [0, 0.05) is 14.8 Å². The summed E-state index contributed by atoms with van der Waals surface area (Å²) in [5, 5.41) is 0.318. The molecule has 0 aliphatic heterocycles. The molecule has 0 aliphatic carbocycles. The van der Waals surface area contributed by atoms with Crippen LogP contribution >= 0.6 is 23.4 Å². The van der Waals surface area contributed by atoms with E-state index in [0.29, 0.717) is 10.7 Å². The summed E-state index contributed by atoms with van der Waals surface area (Å²) in [6, 6.07) is 21.5. The van der Waals surface area contributed by atoms with Gasteiger partial charge in [-0.1, -0.05) is 53.7 Å². The Morgan fingerprint density at radius 3 is 2.38 bits per heavy atom. The minimum atomic E-state index is -3.87. The average Bonchev–Trinajstić information content (AvgIpc) is 2.64. The summed E-state index contributed by atoms with van der Waals surface area (Å²) in [6.45, 7) is 0. The van der Waals surface area contributed by atoms with Crippen molar-refractivity contribution in [3.63, 3.8) is 0 Å². The maximum atomic E-state index is 12.9. The standard InChI is InChI=1S/C19H16ClNO3S2/c1-24-17-12-11-14(20)13-19(17)26(22,23)21-16-9-5-6-10-18(16)25-15-7-3-2-4-8-15/h2-13,21H,1H3. The van der Waals surface area contributed by atoms with Crippen LogP contribution in [0.15, 0.2) is 87.5 Å². The summed E-state index contributed by atoms with van der Waals surface area (Å²) in [5.74, 6) is 0.232. The molecule has 0 heterocycles. The lowest BCUT2D eigenvalue weighted by Crippen LogP contribution is -2.14. The molecule has 0 saturated heterocycles. The van der Waals surface area contributed by atoms with Gasteiger partial charge in [-0.05, 0) is 42.5 Å². The first-order valence-electron chi connectivity index (χ1n) is 7.68. The molecule has 0 saturated carbocycles. The fourth-order valence-corrected chi connectivity index (χ4v) is 4.82. The molecular formula is C19H16ClNO3S2.